The van der Waals surface area contributed by atoms with Crippen molar-refractivity contribution in [2.24, 2.45) is 7.05 Å². The quantitative estimate of drug-likeness (QED) is 0.693. The fourth-order valence-electron chi connectivity index (χ4n) is 3.42. The fraction of sp³-hybridized carbons (Fsp3) is 0.300. The van der Waals surface area contributed by atoms with E-state index in [1.54, 1.807) is 18.2 Å². The SMILES string of the molecule is Cn1c(CN2CCN(C(=O)Nc3ccc(Cl)c(Cl)c3)CC2)nc2ccccc21. The van der Waals surface area contributed by atoms with Crippen molar-refractivity contribution in [3.63, 3.8) is 0 Å². The Morgan fingerprint density at radius 3 is 2.54 bits per heavy atom. The molecule has 0 saturated carbocycles. The maximum Gasteiger partial charge on any atom is 0.321 e. The van der Waals surface area contributed by atoms with Crippen LogP contribution in [0, 0.1) is 0 Å². The minimum absolute atomic E-state index is 0.124. The van der Waals surface area contributed by atoms with Crippen LogP contribution in [0.2, 0.25) is 10.0 Å². The number of carbonyl (C=O) groups is 1. The van der Waals surface area contributed by atoms with E-state index in [0.717, 1.165) is 36.5 Å². The van der Waals surface area contributed by atoms with Crippen molar-refractivity contribution in [2.75, 3.05) is 31.5 Å². The minimum atomic E-state index is -0.124. The largest absolute Gasteiger partial charge is 0.330 e. The van der Waals surface area contributed by atoms with E-state index in [9.17, 15) is 4.79 Å². The number of benzene rings is 2. The van der Waals surface area contributed by atoms with Crippen LogP contribution in [0.1, 0.15) is 5.82 Å². The van der Waals surface area contributed by atoms with Gasteiger partial charge >= 0.3 is 6.03 Å². The molecule has 1 fully saturated rings. The van der Waals surface area contributed by atoms with Gasteiger partial charge in [0, 0.05) is 38.9 Å². The summed E-state index contributed by atoms with van der Waals surface area (Å²) in [5.41, 5.74) is 2.79. The third kappa shape index (κ3) is 3.94. The Balaban J connectivity index is 1.34. The first-order valence-corrected chi connectivity index (χ1v) is 9.90. The van der Waals surface area contributed by atoms with Crippen molar-refractivity contribution in [3.8, 4) is 0 Å². The lowest BCUT2D eigenvalue weighted by Gasteiger charge is -2.34. The first-order valence-electron chi connectivity index (χ1n) is 9.15. The number of nitrogens with one attached hydrogen (secondary N) is 1. The van der Waals surface area contributed by atoms with Crippen LogP contribution in [0.5, 0.6) is 0 Å². The number of para-hydroxylation sites is 2. The average Bonchev–Trinajstić information content (AvgIpc) is 3.01. The van der Waals surface area contributed by atoms with Crippen molar-refractivity contribution in [2.45, 2.75) is 6.54 Å². The van der Waals surface area contributed by atoms with Gasteiger partial charge < -0.3 is 14.8 Å². The molecule has 2 amide bonds. The summed E-state index contributed by atoms with van der Waals surface area (Å²) >= 11 is 11.9. The Hall–Kier alpha value is -2.28. The molecule has 0 spiro atoms. The van der Waals surface area contributed by atoms with Gasteiger partial charge in [0.25, 0.3) is 0 Å². The predicted molar refractivity (Wildman–Crippen MR) is 113 cm³/mol. The summed E-state index contributed by atoms with van der Waals surface area (Å²) in [4.78, 5) is 21.4. The monoisotopic (exact) mass is 417 g/mol. The normalized spacial score (nSPS) is 15.2. The molecule has 8 heteroatoms. The molecule has 0 atom stereocenters. The lowest BCUT2D eigenvalue weighted by molar-refractivity contribution is 0.140. The van der Waals surface area contributed by atoms with Crippen LogP contribution in [0.25, 0.3) is 11.0 Å². The van der Waals surface area contributed by atoms with Gasteiger partial charge in [0.05, 0.1) is 27.6 Å². The number of urea groups is 1. The van der Waals surface area contributed by atoms with Crippen molar-refractivity contribution in [1.82, 2.24) is 19.4 Å². The number of imidazole rings is 1. The molecule has 28 heavy (non-hydrogen) atoms. The van der Waals surface area contributed by atoms with E-state index in [2.05, 4.69) is 20.9 Å². The smallest absolute Gasteiger partial charge is 0.321 e. The topological polar surface area (TPSA) is 53.4 Å². The molecule has 0 unspecified atom stereocenters. The Morgan fingerprint density at radius 1 is 1.07 bits per heavy atom. The lowest BCUT2D eigenvalue weighted by atomic mass is 10.3. The Labute approximate surface area is 173 Å². The Bertz CT molecular complexity index is 1010. The summed E-state index contributed by atoms with van der Waals surface area (Å²) in [6.07, 6.45) is 0. The van der Waals surface area contributed by atoms with Crippen LogP contribution >= 0.6 is 23.2 Å². The summed E-state index contributed by atoms with van der Waals surface area (Å²) in [5.74, 6) is 1.04. The molecule has 1 aliphatic rings. The number of fused-ring (bicyclic) bond motifs is 1. The molecule has 146 valence electrons. The standard InChI is InChI=1S/C20H21Cl2N5O/c1-25-18-5-3-2-4-17(18)24-19(25)13-26-8-10-27(11-9-26)20(28)23-14-6-7-15(21)16(22)12-14/h2-7,12H,8-11,13H2,1H3,(H,23,28). The molecule has 6 nitrogen and oxygen atoms in total. The first-order chi connectivity index (χ1) is 13.5. The van der Waals surface area contributed by atoms with Gasteiger partial charge in [0.15, 0.2) is 0 Å². The molecular weight excluding hydrogens is 397 g/mol. The number of amides is 2. The van der Waals surface area contributed by atoms with Gasteiger partial charge in [0.2, 0.25) is 0 Å². The molecule has 2 aromatic carbocycles. The van der Waals surface area contributed by atoms with Crippen molar-refractivity contribution in [1.29, 1.82) is 0 Å². The van der Waals surface area contributed by atoms with Crippen molar-refractivity contribution in [3.05, 3.63) is 58.3 Å². The summed E-state index contributed by atoms with van der Waals surface area (Å²) in [5, 5.41) is 3.77. The number of aryl methyl sites for hydroxylation is 1. The van der Waals surface area contributed by atoms with E-state index in [1.807, 2.05) is 30.1 Å². The number of aromatic nitrogens is 2. The molecule has 1 aliphatic heterocycles. The highest BCUT2D eigenvalue weighted by Gasteiger charge is 2.22. The van der Waals surface area contributed by atoms with E-state index in [0.29, 0.717) is 28.8 Å². The molecule has 1 saturated heterocycles. The lowest BCUT2D eigenvalue weighted by Crippen LogP contribution is -2.49. The highest BCUT2D eigenvalue weighted by Crippen LogP contribution is 2.25. The van der Waals surface area contributed by atoms with Gasteiger partial charge in [-0.1, -0.05) is 35.3 Å². The fourth-order valence-corrected chi connectivity index (χ4v) is 3.72. The highest BCUT2D eigenvalue weighted by atomic mass is 35.5. The summed E-state index contributed by atoms with van der Waals surface area (Å²) < 4.78 is 2.14. The van der Waals surface area contributed by atoms with Crippen LogP contribution in [0.4, 0.5) is 10.5 Å². The second-order valence-electron chi connectivity index (χ2n) is 6.90. The molecule has 3 aromatic rings. The summed E-state index contributed by atoms with van der Waals surface area (Å²) in [6.45, 7) is 3.71. The molecular formula is C20H21Cl2N5O. The third-order valence-electron chi connectivity index (χ3n) is 5.08. The first kappa shape index (κ1) is 19.1. The van der Waals surface area contributed by atoms with Gasteiger partial charge in [-0.2, -0.15) is 0 Å². The molecule has 0 bridgehead atoms. The molecule has 1 N–H and O–H groups in total. The molecule has 2 heterocycles. The maximum atomic E-state index is 12.5. The van der Waals surface area contributed by atoms with Gasteiger partial charge in [-0.05, 0) is 30.3 Å². The summed E-state index contributed by atoms with van der Waals surface area (Å²) in [7, 11) is 2.05. The van der Waals surface area contributed by atoms with Crippen LogP contribution in [-0.2, 0) is 13.6 Å². The second kappa shape index (κ2) is 7.99. The predicted octanol–water partition coefficient (Wildman–Crippen LogP) is 4.23. The van der Waals surface area contributed by atoms with Gasteiger partial charge in [0.1, 0.15) is 5.82 Å². The zero-order valence-electron chi connectivity index (χ0n) is 15.5. The van der Waals surface area contributed by atoms with Crippen LogP contribution < -0.4 is 5.32 Å². The number of nitrogens with zero attached hydrogens (tertiary/aromatic N) is 4. The van der Waals surface area contributed by atoms with Gasteiger partial charge in [-0.15, -0.1) is 0 Å². The van der Waals surface area contributed by atoms with Crippen molar-refractivity contribution >= 4 is 46.0 Å². The number of hydrogen-bond acceptors (Lipinski definition) is 3. The highest BCUT2D eigenvalue weighted by molar-refractivity contribution is 6.42. The number of halogens is 2. The van der Waals surface area contributed by atoms with Gasteiger partial charge in [-0.3, -0.25) is 4.90 Å². The van der Waals surface area contributed by atoms with Crippen LogP contribution in [0.15, 0.2) is 42.5 Å². The molecule has 0 aliphatic carbocycles. The number of carbonyl (C=O) groups excluding carboxylic acids is 1. The summed E-state index contributed by atoms with van der Waals surface area (Å²) in [6, 6.07) is 13.1. The second-order valence-corrected chi connectivity index (χ2v) is 7.71. The van der Waals surface area contributed by atoms with E-state index in [1.165, 1.54) is 0 Å². The van der Waals surface area contributed by atoms with E-state index >= 15 is 0 Å². The van der Waals surface area contributed by atoms with E-state index in [4.69, 9.17) is 28.2 Å². The number of rotatable bonds is 3. The van der Waals surface area contributed by atoms with Gasteiger partial charge in [-0.25, -0.2) is 9.78 Å². The zero-order valence-corrected chi connectivity index (χ0v) is 17.0. The molecule has 0 radical (unpaired) electrons. The Morgan fingerprint density at radius 2 is 1.82 bits per heavy atom. The van der Waals surface area contributed by atoms with E-state index in [-0.39, 0.29) is 6.03 Å². The van der Waals surface area contributed by atoms with Crippen LogP contribution in [-0.4, -0.2) is 51.6 Å². The Kier molecular flexibility index (Phi) is 5.44. The minimum Gasteiger partial charge on any atom is -0.330 e. The molecule has 1 aromatic heterocycles. The van der Waals surface area contributed by atoms with E-state index < -0.39 is 0 Å². The number of anilines is 1. The van der Waals surface area contributed by atoms with Crippen LogP contribution in [0.3, 0.4) is 0 Å². The number of piperazine rings is 1. The van der Waals surface area contributed by atoms with Crippen molar-refractivity contribution < 1.29 is 4.79 Å². The number of hydrogen-bond donors (Lipinski definition) is 1. The third-order valence-corrected chi connectivity index (χ3v) is 5.81. The molecule has 4 rings (SSSR count). The average molecular weight is 418 g/mol. The maximum absolute atomic E-state index is 12.5. The zero-order chi connectivity index (χ0) is 19.7.